The topological polar surface area (TPSA) is 66.5 Å². The van der Waals surface area contributed by atoms with Crippen LogP contribution in [0.2, 0.25) is 0 Å². The number of rotatable bonds is 8. The SMILES string of the molecule is CN[C@@H](CC(C)C)C(=O)N1CC=C(NOCc2ccncc2)CC1. The highest BCUT2D eigenvalue weighted by atomic mass is 16.6. The molecule has 0 fully saturated rings. The van der Waals surface area contributed by atoms with Crippen LogP contribution in [-0.4, -0.2) is 42.0 Å². The van der Waals surface area contributed by atoms with Crippen molar-refractivity contribution in [2.24, 2.45) is 5.92 Å². The summed E-state index contributed by atoms with van der Waals surface area (Å²) in [4.78, 5) is 23.9. The molecule has 0 aliphatic carbocycles. The van der Waals surface area contributed by atoms with E-state index in [0.717, 1.165) is 24.1 Å². The third-order valence-electron chi connectivity index (χ3n) is 4.07. The summed E-state index contributed by atoms with van der Waals surface area (Å²) in [6.07, 6.45) is 7.15. The Balaban J connectivity index is 1.77. The van der Waals surface area contributed by atoms with Gasteiger partial charge in [-0.3, -0.25) is 20.1 Å². The molecule has 2 N–H and O–H groups in total. The Kier molecular flexibility index (Phi) is 7.21. The molecule has 1 atom stereocenters. The molecule has 0 bridgehead atoms. The van der Waals surface area contributed by atoms with E-state index < -0.39 is 0 Å². The van der Waals surface area contributed by atoms with Crippen molar-refractivity contribution in [2.75, 3.05) is 20.1 Å². The van der Waals surface area contributed by atoms with E-state index in [1.165, 1.54) is 0 Å². The summed E-state index contributed by atoms with van der Waals surface area (Å²) in [6.45, 7) is 6.09. The normalized spacial score (nSPS) is 16.0. The van der Waals surface area contributed by atoms with Crippen molar-refractivity contribution in [3.05, 3.63) is 41.9 Å². The zero-order valence-electron chi connectivity index (χ0n) is 14.8. The molecule has 0 radical (unpaired) electrons. The maximum Gasteiger partial charge on any atom is 0.239 e. The van der Waals surface area contributed by atoms with Gasteiger partial charge in [-0.25, -0.2) is 0 Å². The number of pyridine rings is 1. The van der Waals surface area contributed by atoms with Crippen LogP contribution in [0.25, 0.3) is 0 Å². The van der Waals surface area contributed by atoms with E-state index in [1.807, 2.05) is 30.2 Å². The molecule has 132 valence electrons. The number of carbonyl (C=O) groups excluding carboxylic acids is 1. The van der Waals surface area contributed by atoms with Gasteiger partial charge in [-0.15, -0.1) is 0 Å². The summed E-state index contributed by atoms with van der Waals surface area (Å²) in [5, 5.41) is 3.14. The zero-order valence-corrected chi connectivity index (χ0v) is 14.8. The van der Waals surface area contributed by atoms with Gasteiger partial charge in [0, 0.05) is 37.6 Å². The van der Waals surface area contributed by atoms with Gasteiger partial charge < -0.3 is 10.2 Å². The number of nitrogens with one attached hydrogen (secondary N) is 2. The molecule has 0 aromatic carbocycles. The first-order valence-electron chi connectivity index (χ1n) is 8.52. The lowest BCUT2D eigenvalue weighted by Gasteiger charge is -2.30. The molecule has 24 heavy (non-hydrogen) atoms. The fourth-order valence-electron chi connectivity index (χ4n) is 2.69. The number of likely N-dealkylation sites (N-methyl/N-ethyl adjacent to an activating group) is 1. The standard InChI is InChI=1S/C18H28N4O2/c1-14(2)12-17(19-3)18(23)22-10-6-16(7-11-22)21-24-13-15-4-8-20-9-5-15/h4-6,8-9,14,17,19,21H,7,10-13H2,1-3H3/t17-/m0/s1. The van der Waals surface area contributed by atoms with E-state index in [1.54, 1.807) is 12.4 Å². The van der Waals surface area contributed by atoms with Crippen molar-refractivity contribution in [2.45, 2.75) is 39.3 Å². The summed E-state index contributed by atoms with van der Waals surface area (Å²) >= 11 is 0. The van der Waals surface area contributed by atoms with E-state index in [0.29, 0.717) is 25.6 Å². The molecule has 0 saturated heterocycles. The highest BCUT2D eigenvalue weighted by Gasteiger charge is 2.25. The highest BCUT2D eigenvalue weighted by molar-refractivity contribution is 5.82. The lowest BCUT2D eigenvalue weighted by atomic mass is 10.0. The molecule has 6 heteroatoms. The number of carbonyl (C=O) groups is 1. The van der Waals surface area contributed by atoms with Crippen LogP contribution in [0.3, 0.4) is 0 Å². The van der Waals surface area contributed by atoms with Crippen LogP contribution in [-0.2, 0) is 16.2 Å². The largest absolute Gasteiger partial charge is 0.337 e. The second-order valence-corrected chi connectivity index (χ2v) is 6.48. The molecule has 1 aromatic heterocycles. The molecule has 1 aliphatic heterocycles. The van der Waals surface area contributed by atoms with Crippen LogP contribution < -0.4 is 10.8 Å². The molecular formula is C18H28N4O2. The lowest BCUT2D eigenvalue weighted by molar-refractivity contribution is -0.133. The summed E-state index contributed by atoms with van der Waals surface area (Å²) in [5.41, 5.74) is 5.08. The van der Waals surface area contributed by atoms with E-state index >= 15 is 0 Å². The number of hydroxylamine groups is 1. The molecule has 0 saturated carbocycles. The van der Waals surface area contributed by atoms with Crippen LogP contribution in [0.4, 0.5) is 0 Å². The lowest BCUT2D eigenvalue weighted by Crippen LogP contribution is -2.47. The summed E-state index contributed by atoms with van der Waals surface area (Å²) in [7, 11) is 1.85. The monoisotopic (exact) mass is 332 g/mol. The predicted molar refractivity (Wildman–Crippen MR) is 93.7 cm³/mol. The Hall–Kier alpha value is -1.92. The van der Waals surface area contributed by atoms with Crippen molar-refractivity contribution in [1.82, 2.24) is 20.7 Å². The first kappa shape index (κ1) is 18.4. The Morgan fingerprint density at radius 2 is 2.12 bits per heavy atom. The fraction of sp³-hybridized carbons (Fsp3) is 0.556. The molecule has 0 unspecified atom stereocenters. The molecular weight excluding hydrogens is 304 g/mol. The van der Waals surface area contributed by atoms with Crippen LogP contribution in [0.5, 0.6) is 0 Å². The Labute approximate surface area is 144 Å². The maximum atomic E-state index is 12.5. The van der Waals surface area contributed by atoms with Crippen molar-refractivity contribution >= 4 is 5.91 Å². The smallest absolute Gasteiger partial charge is 0.239 e. The van der Waals surface area contributed by atoms with Crippen LogP contribution in [0.1, 0.15) is 32.3 Å². The molecule has 1 amide bonds. The third kappa shape index (κ3) is 5.62. The van der Waals surface area contributed by atoms with Gasteiger partial charge in [-0.1, -0.05) is 13.8 Å². The van der Waals surface area contributed by atoms with Crippen molar-refractivity contribution in [3.8, 4) is 0 Å². The minimum Gasteiger partial charge on any atom is -0.337 e. The van der Waals surface area contributed by atoms with E-state index in [4.69, 9.17) is 4.84 Å². The molecule has 0 spiro atoms. The highest BCUT2D eigenvalue weighted by Crippen LogP contribution is 2.13. The quantitative estimate of drug-likeness (QED) is 0.711. The molecule has 1 aliphatic rings. The molecule has 1 aromatic rings. The van der Waals surface area contributed by atoms with Crippen LogP contribution >= 0.6 is 0 Å². The molecule has 2 heterocycles. The number of amides is 1. The van der Waals surface area contributed by atoms with Gasteiger partial charge in [0.25, 0.3) is 0 Å². The second-order valence-electron chi connectivity index (χ2n) is 6.48. The average Bonchev–Trinajstić information content (AvgIpc) is 2.60. The average molecular weight is 332 g/mol. The number of hydrogen-bond donors (Lipinski definition) is 2. The minimum atomic E-state index is -0.101. The van der Waals surface area contributed by atoms with Gasteiger partial charge in [-0.05, 0) is 43.2 Å². The minimum absolute atomic E-state index is 0.101. The van der Waals surface area contributed by atoms with E-state index in [-0.39, 0.29) is 11.9 Å². The molecule has 6 nitrogen and oxygen atoms in total. The van der Waals surface area contributed by atoms with Gasteiger partial charge in [-0.2, -0.15) is 0 Å². The Morgan fingerprint density at radius 3 is 2.71 bits per heavy atom. The molecule has 2 rings (SSSR count). The number of hydrogen-bond acceptors (Lipinski definition) is 5. The first-order valence-corrected chi connectivity index (χ1v) is 8.52. The number of aromatic nitrogens is 1. The summed E-state index contributed by atoms with van der Waals surface area (Å²) < 4.78 is 0. The van der Waals surface area contributed by atoms with Crippen LogP contribution in [0, 0.1) is 5.92 Å². The van der Waals surface area contributed by atoms with Crippen molar-refractivity contribution < 1.29 is 9.63 Å². The van der Waals surface area contributed by atoms with E-state index in [9.17, 15) is 4.79 Å². The van der Waals surface area contributed by atoms with Gasteiger partial charge >= 0.3 is 0 Å². The van der Waals surface area contributed by atoms with Crippen LogP contribution in [0.15, 0.2) is 36.3 Å². The van der Waals surface area contributed by atoms with Crippen molar-refractivity contribution in [3.63, 3.8) is 0 Å². The summed E-state index contributed by atoms with van der Waals surface area (Å²) in [6, 6.07) is 3.74. The number of nitrogens with zero attached hydrogens (tertiary/aromatic N) is 2. The maximum absolute atomic E-state index is 12.5. The fourth-order valence-corrected chi connectivity index (χ4v) is 2.69. The summed E-state index contributed by atoms with van der Waals surface area (Å²) in [5.74, 6) is 0.671. The van der Waals surface area contributed by atoms with Crippen molar-refractivity contribution in [1.29, 1.82) is 0 Å². The third-order valence-corrected chi connectivity index (χ3v) is 4.07. The second kappa shape index (κ2) is 9.39. The Morgan fingerprint density at radius 1 is 1.38 bits per heavy atom. The Bertz CT molecular complexity index is 545. The predicted octanol–water partition coefficient (Wildman–Crippen LogP) is 1.85. The first-order chi connectivity index (χ1) is 11.6. The van der Waals surface area contributed by atoms with Gasteiger partial charge in [0.1, 0.15) is 0 Å². The van der Waals surface area contributed by atoms with Gasteiger partial charge in [0.2, 0.25) is 5.91 Å². The van der Waals surface area contributed by atoms with Gasteiger partial charge in [0.15, 0.2) is 0 Å². The van der Waals surface area contributed by atoms with E-state index in [2.05, 4.69) is 29.6 Å². The zero-order chi connectivity index (χ0) is 17.4. The van der Waals surface area contributed by atoms with Gasteiger partial charge in [0.05, 0.1) is 12.6 Å².